The average molecular weight is 503 g/mol. The third-order valence-corrected chi connectivity index (χ3v) is 9.65. The number of benzene rings is 1. The van der Waals surface area contributed by atoms with Crippen molar-refractivity contribution in [3.8, 4) is 5.75 Å². The minimum Gasteiger partial charge on any atom is -0.508 e. The van der Waals surface area contributed by atoms with Gasteiger partial charge in [0.1, 0.15) is 11.9 Å². The van der Waals surface area contributed by atoms with E-state index in [1.54, 1.807) is 18.2 Å². The van der Waals surface area contributed by atoms with Crippen LogP contribution in [0.4, 0.5) is 0 Å². The molecule has 1 aliphatic carbocycles. The van der Waals surface area contributed by atoms with E-state index in [9.17, 15) is 9.90 Å². The van der Waals surface area contributed by atoms with Gasteiger partial charge in [0.2, 0.25) is 0 Å². The Kier molecular flexibility index (Phi) is 6.36. The summed E-state index contributed by atoms with van der Waals surface area (Å²) in [4.78, 5) is 13.3. The van der Waals surface area contributed by atoms with E-state index in [-0.39, 0.29) is 40.9 Å². The van der Waals surface area contributed by atoms with Crippen LogP contribution in [0.15, 0.2) is 42.5 Å². The zero-order valence-corrected chi connectivity index (χ0v) is 21.0. The van der Waals surface area contributed by atoms with Crippen LogP contribution < -0.4 is 0 Å². The summed E-state index contributed by atoms with van der Waals surface area (Å²) in [5.41, 5.74) is 3.11. The number of fused-ring (bicyclic) bond motifs is 4. The van der Waals surface area contributed by atoms with Gasteiger partial charge in [-0.1, -0.05) is 41.6 Å². The van der Waals surface area contributed by atoms with E-state index in [0.29, 0.717) is 23.2 Å². The standard InChI is InChI=1S/C27H35BrO4/c1-16(2)22-10-13-27(5)24(32-27)11-12-26(4)20(17(3)6-9-23(26)28)15-19-14-18(25(30)31-22)7-8-21(19)29/h7-8,14,20,22-24,29H,1,3,6,9-13,15H2,2,4-5H3/t20-,22+,23+,24+,26+,27+/m1/s1. The summed E-state index contributed by atoms with van der Waals surface area (Å²) in [7, 11) is 0. The Labute approximate surface area is 200 Å². The zero-order chi connectivity index (χ0) is 23.3. The predicted molar refractivity (Wildman–Crippen MR) is 130 cm³/mol. The highest BCUT2D eigenvalue weighted by molar-refractivity contribution is 9.09. The molecule has 1 aromatic carbocycles. The molecule has 0 unspecified atom stereocenters. The average Bonchev–Trinajstić information content (AvgIpc) is 3.40. The van der Waals surface area contributed by atoms with Crippen molar-refractivity contribution in [3.05, 3.63) is 53.6 Å². The molecule has 1 saturated heterocycles. The van der Waals surface area contributed by atoms with E-state index in [0.717, 1.165) is 43.2 Å². The first-order chi connectivity index (χ1) is 15.0. The van der Waals surface area contributed by atoms with Gasteiger partial charge in [-0.05, 0) is 99.5 Å². The van der Waals surface area contributed by atoms with Gasteiger partial charge in [0, 0.05) is 4.83 Å². The van der Waals surface area contributed by atoms with Gasteiger partial charge in [0.05, 0.1) is 17.3 Å². The first-order valence-corrected chi connectivity index (χ1v) is 12.6. The Morgan fingerprint density at radius 2 is 1.97 bits per heavy atom. The summed E-state index contributed by atoms with van der Waals surface area (Å²) in [6, 6.07) is 5.04. The fraction of sp³-hybridized carbons (Fsp3) is 0.593. The molecular weight excluding hydrogens is 468 g/mol. The quantitative estimate of drug-likeness (QED) is 0.206. The number of ether oxygens (including phenoxy) is 2. The lowest BCUT2D eigenvalue weighted by molar-refractivity contribution is 0.0343. The zero-order valence-electron chi connectivity index (χ0n) is 19.5. The van der Waals surface area contributed by atoms with E-state index >= 15 is 0 Å². The molecule has 1 aromatic rings. The molecule has 1 N–H and O–H groups in total. The van der Waals surface area contributed by atoms with Gasteiger partial charge >= 0.3 is 5.97 Å². The Balaban J connectivity index is 1.72. The van der Waals surface area contributed by atoms with Crippen LogP contribution >= 0.6 is 15.9 Å². The molecule has 2 fully saturated rings. The topological polar surface area (TPSA) is 59.1 Å². The van der Waals surface area contributed by atoms with Crippen LogP contribution in [0.1, 0.15) is 75.2 Å². The van der Waals surface area contributed by atoms with Crippen LogP contribution in [0.2, 0.25) is 0 Å². The maximum Gasteiger partial charge on any atom is 0.338 e. The summed E-state index contributed by atoms with van der Waals surface area (Å²) in [6.07, 6.45) is 6.08. The fourth-order valence-corrected chi connectivity index (χ4v) is 6.42. The maximum atomic E-state index is 13.0. The van der Waals surface area contributed by atoms with Crippen molar-refractivity contribution in [3.63, 3.8) is 0 Å². The smallest absolute Gasteiger partial charge is 0.338 e. The van der Waals surface area contributed by atoms with E-state index in [2.05, 4.69) is 42.9 Å². The number of rotatable bonds is 1. The molecule has 0 radical (unpaired) electrons. The number of halogens is 1. The number of epoxide rings is 1. The second-order valence-corrected chi connectivity index (χ2v) is 11.6. The van der Waals surface area contributed by atoms with Crippen molar-refractivity contribution in [2.75, 3.05) is 0 Å². The molecule has 6 atom stereocenters. The van der Waals surface area contributed by atoms with Gasteiger partial charge < -0.3 is 14.6 Å². The summed E-state index contributed by atoms with van der Waals surface area (Å²) in [5.74, 6) is 0.0412. The molecule has 174 valence electrons. The predicted octanol–water partition coefficient (Wildman–Crippen LogP) is 6.50. The molecule has 0 spiro atoms. The van der Waals surface area contributed by atoms with Gasteiger partial charge in [-0.15, -0.1) is 0 Å². The summed E-state index contributed by atoms with van der Waals surface area (Å²) >= 11 is 3.98. The number of hydrogen-bond donors (Lipinski definition) is 1. The van der Waals surface area contributed by atoms with Crippen LogP contribution in [-0.4, -0.2) is 33.7 Å². The van der Waals surface area contributed by atoms with E-state index in [4.69, 9.17) is 9.47 Å². The van der Waals surface area contributed by atoms with Crippen LogP contribution in [-0.2, 0) is 15.9 Å². The minimum atomic E-state index is -0.379. The third kappa shape index (κ3) is 4.43. The Hall–Kier alpha value is -1.59. The number of phenols is 1. The largest absolute Gasteiger partial charge is 0.508 e. The second kappa shape index (κ2) is 8.64. The number of phenolic OH excluding ortho intramolecular Hbond substituents is 1. The SMILES string of the molecule is C=C(C)[C@@H]1CC[C@]2(C)O[C@H]2CC[C@@]2(C)[C@H](Cc3cc(ccc3O)C(=O)O1)C(=C)CC[C@@H]2Br. The lowest BCUT2D eigenvalue weighted by atomic mass is 9.61. The summed E-state index contributed by atoms with van der Waals surface area (Å²) in [5, 5.41) is 10.6. The number of alkyl halides is 1. The molecule has 32 heavy (non-hydrogen) atoms. The molecule has 2 aliphatic heterocycles. The van der Waals surface area contributed by atoms with Crippen molar-refractivity contribution in [2.24, 2.45) is 11.3 Å². The maximum absolute atomic E-state index is 13.0. The van der Waals surface area contributed by atoms with Crippen LogP contribution in [0, 0.1) is 11.3 Å². The molecule has 1 saturated carbocycles. The van der Waals surface area contributed by atoms with Crippen molar-refractivity contribution in [1.82, 2.24) is 0 Å². The molecule has 5 heteroatoms. The van der Waals surface area contributed by atoms with Gasteiger partial charge in [0.25, 0.3) is 0 Å². The van der Waals surface area contributed by atoms with Crippen molar-refractivity contribution >= 4 is 21.9 Å². The normalized spacial score (nSPS) is 37.9. The van der Waals surface area contributed by atoms with Crippen molar-refractivity contribution < 1.29 is 19.4 Å². The minimum absolute atomic E-state index is 0.00837. The van der Waals surface area contributed by atoms with Gasteiger partial charge in [-0.2, -0.15) is 0 Å². The number of carbonyl (C=O) groups excluding carboxylic acids is 1. The first kappa shape index (κ1) is 23.6. The first-order valence-electron chi connectivity index (χ1n) is 11.7. The highest BCUT2D eigenvalue weighted by atomic mass is 79.9. The Morgan fingerprint density at radius 1 is 1.22 bits per heavy atom. The fourth-order valence-electron chi connectivity index (χ4n) is 5.64. The van der Waals surface area contributed by atoms with Gasteiger partial charge in [-0.3, -0.25) is 0 Å². The summed E-state index contributed by atoms with van der Waals surface area (Å²) < 4.78 is 12.0. The lowest BCUT2D eigenvalue weighted by Crippen LogP contribution is -2.42. The number of aromatic hydroxyl groups is 1. The molecule has 4 rings (SSSR count). The highest BCUT2D eigenvalue weighted by Crippen LogP contribution is 2.54. The van der Waals surface area contributed by atoms with Crippen LogP contribution in [0.25, 0.3) is 0 Å². The molecular formula is C27H35BrO4. The third-order valence-electron chi connectivity index (χ3n) is 8.14. The van der Waals surface area contributed by atoms with Crippen LogP contribution in [0.3, 0.4) is 0 Å². The molecule has 0 amide bonds. The van der Waals surface area contributed by atoms with Crippen LogP contribution in [0.5, 0.6) is 5.75 Å². The number of allylic oxidation sites excluding steroid dienone is 1. The molecule has 0 aromatic heterocycles. The monoisotopic (exact) mass is 502 g/mol. The Morgan fingerprint density at radius 3 is 2.69 bits per heavy atom. The van der Waals surface area contributed by atoms with E-state index < -0.39 is 0 Å². The van der Waals surface area contributed by atoms with Gasteiger partial charge in [-0.25, -0.2) is 4.79 Å². The number of carbonyl (C=O) groups is 1. The molecule has 4 nitrogen and oxygen atoms in total. The van der Waals surface area contributed by atoms with Gasteiger partial charge in [0.15, 0.2) is 0 Å². The highest BCUT2D eigenvalue weighted by Gasteiger charge is 2.53. The summed E-state index contributed by atoms with van der Waals surface area (Å²) in [6.45, 7) is 14.9. The van der Waals surface area contributed by atoms with E-state index in [1.165, 1.54) is 5.57 Å². The second-order valence-electron chi connectivity index (χ2n) is 10.5. The number of cyclic esters (lactones) is 1. The van der Waals surface area contributed by atoms with Crippen molar-refractivity contribution in [1.29, 1.82) is 0 Å². The molecule has 3 aliphatic rings. The number of hydrogen-bond acceptors (Lipinski definition) is 4. The lowest BCUT2D eigenvalue weighted by Gasteiger charge is -2.47. The number of esters is 1. The van der Waals surface area contributed by atoms with Crippen molar-refractivity contribution in [2.45, 2.75) is 88.4 Å². The molecule has 2 bridgehead atoms. The van der Waals surface area contributed by atoms with E-state index in [1.807, 2.05) is 6.92 Å². The molecule has 2 heterocycles. The Bertz CT molecular complexity index is 940.